The van der Waals surface area contributed by atoms with E-state index in [2.05, 4.69) is 21.4 Å². The summed E-state index contributed by atoms with van der Waals surface area (Å²) < 4.78 is 0. The van der Waals surface area contributed by atoms with Crippen molar-refractivity contribution in [3.05, 3.63) is 46.6 Å². The van der Waals surface area contributed by atoms with Crippen molar-refractivity contribution >= 4 is 33.1 Å². The molecule has 0 bridgehead atoms. The second-order valence-electron chi connectivity index (χ2n) is 5.43. The minimum absolute atomic E-state index is 0.641. The van der Waals surface area contributed by atoms with E-state index in [1.54, 1.807) is 23.7 Å². The fourth-order valence-electron chi connectivity index (χ4n) is 2.99. The van der Waals surface area contributed by atoms with E-state index in [1.807, 2.05) is 18.2 Å². The Hall–Kier alpha value is -2.45. The van der Waals surface area contributed by atoms with Crippen LogP contribution in [0.3, 0.4) is 0 Å². The molecule has 2 aromatic heterocycles. The van der Waals surface area contributed by atoms with E-state index in [1.165, 1.54) is 23.3 Å². The molecular formula is C17H14N4S. The third-order valence-electron chi connectivity index (χ3n) is 4.01. The first-order valence-electron chi connectivity index (χ1n) is 7.37. The van der Waals surface area contributed by atoms with Crippen molar-refractivity contribution in [2.45, 2.75) is 25.7 Å². The van der Waals surface area contributed by atoms with Gasteiger partial charge >= 0.3 is 0 Å². The van der Waals surface area contributed by atoms with E-state index in [4.69, 9.17) is 5.26 Å². The maximum absolute atomic E-state index is 9.02. The molecule has 1 aliphatic rings. The standard InChI is InChI=1S/C17H14N4S/c18-9-11-4-3-5-12(8-11)21-16-15-13-6-1-2-7-14(13)22-17(15)20-10-19-16/h3-5,8,10H,1-2,6-7H2,(H,19,20,21). The van der Waals surface area contributed by atoms with E-state index in [-0.39, 0.29) is 0 Å². The van der Waals surface area contributed by atoms with Gasteiger partial charge in [0.25, 0.3) is 0 Å². The summed E-state index contributed by atoms with van der Waals surface area (Å²) >= 11 is 1.79. The number of thiophene rings is 1. The Bertz CT molecular complexity index is 891. The molecule has 3 aromatic rings. The third-order valence-corrected chi connectivity index (χ3v) is 5.21. The Balaban J connectivity index is 1.81. The van der Waals surface area contributed by atoms with Crippen LogP contribution in [0.1, 0.15) is 28.8 Å². The Kier molecular flexibility index (Phi) is 3.24. The van der Waals surface area contributed by atoms with Gasteiger partial charge in [0.1, 0.15) is 17.0 Å². The van der Waals surface area contributed by atoms with Gasteiger partial charge in [-0.25, -0.2) is 9.97 Å². The summed E-state index contributed by atoms with van der Waals surface area (Å²) in [6.45, 7) is 0. The third kappa shape index (κ3) is 2.22. The average Bonchev–Trinajstić information content (AvgIpc) is 2.94. The number of nitriles is 1. The van der Waals surface area contributed by atoms with Crippen LogP contribution in [0.15, 0.2) is 30.6 Å². The highest BCUT2D eigenvalue weighted by molar-refractivity contribution is 7.19. The van der Waals surface area contributed by atoms with Crippen molar-refractivity contribution < 1.29 is 0 Å². The topological polar surface area (TPSA) is 61.6 Å². The first kappa shape index (κ1) is 13.2. The molecule has 4 nitrogen and oxygen atoms in total. The minimum atomic E-state index is 0.641. The van der Waals surface area contributed by atoms with Crippen LogP contribution >= 0.6 is 11.3 Å². The Morgan fingerprint density at radius 1 is 1.18 bits per heavy atom. The van der Waals surface area contributed by atoms with E-state index in [9.17, 15) is 0 Å². The summed E-state index contributed by atoms with van der Waals surface area (Å²) in [6.07, 6.45) is 6.37. The normalized spacial score (nSPS) is 13.6. The molecule has 0 unspecified atom stereocenters. The molecule has 0 saturated heterocycles. The number of aryl methyl sites for hydroxylation is 2. The van der Waals surface area contributed by atoms with E-state index < -0.39 is 0 Å². The highest BCUT2D eigenvalue weighted by atomic mass is 32.1. The van der Waals surface area contributed by atoms with Gasteiger partial charge in [0.05, 0.1) is 17.0 Å². The summed E-state index contributed by atoms with van der Waals surface area (Å²) in [5, 5.41) is 13.5. The van der Waals surface area contributed by atoms with Gasteiger partial charge in [-0.3, -0.25) is 0 Å². The van der Waals surface area contributed by atoms with Crippen LogP contribution in [-0.2, 0) is 12.8 Å². The van der Waals surface area contributed by atoms with Crippen LogP contribution in [0.2, 0.25) is 0 Å². The quantitative estimate of drug-likeness (QED) is 0.771. The van der Waals surface area contributed by atoms with E-state index >= 15 is 0 Å². The number of nitrogens with zero attached hydrogens (tertiary/aromatic N) is 3. The smallest absolute Gasteiger partial charge is 0.142 e. The van der Waals surface area contributed by atoms with Gasteiger partial charge in [-0.2, -0.15) is 5.26 Å². The van der Waals surface area contributed by atoms with Gasteiger partial charge in [0, 0.05) is 10.6 Å². The molecule has 0 radical (unpaired) electrons. The number of fused-ring (bicyclic) bond motifs is 3. The SMILES string of the molecule is N#Cc1cccc(Nc2ncnc3sc4c(c23)CCCC4)c1. The number of benzene rings is 1. The second-order valence-corrected chi connectivity index (χ2v) is 6.51. The zero-order valence-electron chi connectivity index (χ0n) is 12.0. The van der Waals surface area contributed by atoms with Crippen LogP contribution in [0, 0.1) is 11.3 Å². The summed E-state index contributed by atoms with van der Waals surface area (Å²) in [6, 6.07) is 9.63. The van der Waals surface area contributed by atoms with Crippen molar-refractivity contribution in [1.82, 2.24) is 9.97 Å². The fourth-order valence-corrected chi connectivity index (χ4v) is 4.22. The molecule has 1 aliphatic carbocycles. The number of nitrogens with one attached hydrogen (secondary N) is 1. The van der Waals surface area contributed by atoms with Crippen LogP contribution < -0.4 is 5.32 Å². The predicted octanol–water partition coefficient (Wildman–Crippen LogP) is 4.19. The summed E-state index contributed by atoms with van der Waals surface area (Å²) in [7, 11) is 0. The van der Waals surface area contributed by atoms with E-state index in [0.717, 1.165) is 34.6 Å². The van der Waals surface area contributed by atoms with Crippen molar-refractivity contribution in [1.29, 1.82) is 5.26 Å². The van der Waals surface area contributed by atoms with Crippen LogP contribution in [0.5, 0.6) is 0 Å². The number of aromatic nitrogens is 2. The second kappa shape index (κ2) is 5.39. The molecule has 1 aromatic carbocycles. The van der Waals surface area contributed by atoms with Gasteiger partial charge in [0.2, 0.25) is 0 Å². The zero-order valence-corrected chi connectivity index (χ0v) is 12.8. The van der Waals surface area contributed by atoms with Crippen molar-refractivity contribution in [2.75, 3.05) is 5.32 Å². The zero-order chi connectivity index (χ0) is 14.9. The van der Waals surface area contributed by atoms with E-state index in [0.29, 0.717) is 5.56 Å². The van der Waals surface area contributed by atoms with Crippen LogP contribution in [-0.4, -0.2) is 9.97 Å². The van der Waals surface area contributed by atoms with Crippen molar-refractivity contribution in [3.8, 4) is 6.07 Å². The number of rotatable bonds is 2. The molecule has 4 rings (SSSR count). The molecule has 0 saturated carbocycles. The van der Waals surface area contributed by atoms with Gasteiger partial charge in [-0.1, -0.05) is 6.07 Å². The van der Waals surface area contributed by atoms with Gasteiger partial charge in [0.15, 0.2) is 0 Å². The first-order chi connectivity index (χ1) is 10.8. The average molecular weight is 306 g/mol. The van der Waals surface area contributed by atoms with Crippen LogP contribution in [0.4, 0.5) is 11.5 Å². The highest BCUT2D eigenvalue weighted by Crippen LogP contribution is 2.38. The molecule has 0 spiro atoms. The molecule has 0 atom stereocenters. The molecule has 2 heterocycles. The van der Waals surface area contributed by atoms with Gasteiger partial charge in [-0.15, -0.1) is 11.3 Å². The molecule has 22 heavy (non-hydrogen) atoms. The maximum Gasteiger partial charge on any atom is 0.142 e. The lowest BCUT2D eigenvalue weighted by atomic mass is 9.97. The van der Waals surface area contributed by atoms with Crippen molar-refractivity contribution in [2.24, 2.45) is 0 Å². The highest BCUT2D eigenvalue weighted by Gasteiger charge is 2.19. The molecule has 0 fully saturated rings. The minimum Gasteiger partial charge on any atom is -0.340 e. The number of hydrogen-bond donors (Lipinski definition) is 1. The first-order valence-corrected chi connectivity index (χ1v) is 8.19. The lowest BCUT2D eigenvalue weighted by molar-refractivity contribution is 0.700. The summed E-state index contributed by atoms with van der Waals surface area (Å²) in [5.41, 5.74) is 2.93. The summed E-state index contributed by atoms with van der Waals surface area (Å²) in [4.78, 5) is 11.4. The molecule has 5 heteroatoms. The van der Waals surface area contributed by atoms with Crippen LogP contribution in [0.25, 0.3) is 10.2 Å². The Labute approximate surface area is 132 Å². The fraction of sp³-hybridized carbons (Fsp3) is 0.235. The van der Waals surface area contributed by atoms with Gasteiger partial charge < -0.3 is 5.32 Å². The number of anilines is 2. The predicted molar refractivity (Wildman–Crippen MR) is 88.5 cm³/mol. The molecule has 0 amide bonds. The molecular weight excluding hydrogens is 292 g/mol. The molecule has 108 valence electrons. The summed E-state index contributed by atoms with van der Waals surface area (Å²) in [5.74, 6) is 0.847. The lowest BCUT2D eigenvalue weighted by Crippen LogP contribution is -2.01. The lowest BCUT2D eigenvalue weighted by Gasteiger charge is -2.12. The van der Waals surface area contributed by atoms with Crippen molar-refractivity contribution in [3.63, 3.8) is 0 Å². The van der Waals surface area contributed by atoms with Gasteiger partial charge in [-0.05, 0) is 49.4 Å². The maximum atomic E-state index is 9.02. The largest absolute Gasteiger partial charge is 0.340 e. The molecule has 0 aliphatic heterocycles. The number of hydrogen-bond acceptors (Lipinski definition) is 5. The molecule has 1 N–H and O–H groups in total. The Morgan fingerprint density at radius 3 is 3.00 bits per heavy atom. The monoisotopic (exact) mass is 306 g/mol. The Morgan fingerprint density at radius 2 is 2.09 bits per heavy atom.